The van der Waals surface area contributed by atoms with Crippen LogP contribution in [0.4, 0.5) is 0 Å². The molecule has 1 aliphatic carbocycles. The maximum Gasteiger partial charge on any atom is 0.241 e. The Kier molecular flexibility index (Phi) is 5.41. The van der Waals surface area contributed by atoms with E-state index < -0.39 is 20.8 Å². The number of benzene rings is 2. The summed E-state index contributed by atoms with van der Waals surface area (Å²) in [5.41, 5.74) is 2.05. The summed E-state index contributed by atoms with van der Waals surface area (Å²) in [6.07, 6.45) is 4.98. The maximum absolute atomic E-state index is 12.8. The van der Waals surface area contributed by atoms with Crippen LogP contribution in [0, 0.1) is 44.4 Å². The van der Waals surface area contributed by atoms with E-state index in [0.717, 1.165) is 11.1 Å². The zero-order valence-electron chi connectivity index (χ0n) is 13.9. The number of aryl methyl sites for hydroxylation is 2. The lowest BCUT2D eigenvalue weighted by Crippen LogP contribution is -2.31. The molecule has 5 radical (unpaired) electrons. The number of rotatable bonds is 5. The van der Waals surface area contributed by atoms with Gasteiger partial charge in [-0.05, 0) is 57.4 Å². The van der Waals surface area contributed by atoms with Gasteiger partial charge < -0.3 is 0 Å². The van der Waals surface area contributed by atoms with Crippen LogP contribution in [0.1, 0.15) is 11.1 Å². The largest absolute Gasteiger partial charge is 0.254 e. The van der Waals surface area contributed by atoms with Crippen molar-refractivity contribution in [1.29, 1.82) is 0 Å². The second kappa shape index (κ2) is 7.40. The monoisotopic (exact) mass is 372 g/mol. The van der Waals surface area contributed by atoms with Gasteiger partial charge in [-0.1, -0.05) is 35.4 Å². The molecule has 1 fully saturated rings. The van der Waals surface area contributed by atoms with Gasteiger partial charge in [-0.25, -0.2) is 13.1 Å². The van der Waals surface area contributed by atoms with E-state index in [-0.39, 0.29) is 4.90 Å². The van der Waals surface area contributed by atoms with Gasteiger partial charge in [0.05, 0.1) is 27.0 Å². The molecule has 6 heteroatoms. The van der Waals surface area contributed by atoms with E-state index >= 15 is 0 Å². The Morgan fingerprint density at radius 2 is 1.40 bits per heavy atom. The van der Waals surface area contributed by atoms with Gasteiger partial charge in [-0.2, -0.15) is 0 Å². The highest BCUT2D eigenvalue weighted by atomic mass is 32.2. The minimum absolute atomic E-state index is 0.173. The summed E-state index contributed by atoms with van der Waals surface area (Å²) < 4.78 is 40.4. The number of nitrogens with one attached hydrogen (secondary N) is 1. The Hall–Kier alpha value is -1.50. The lowest BCUT2D eigenvalue weighted by molar-refractivity contribution is 0.585. The van der Waals surface area contributed by atoms with E-state index in [2.05, 4.69) is 4.72 Å². The van der Waals surface area contributed by atoms with Crippen molar-refractivity contribution in [3.05, 3.63) is 90.2 Å². The molecule has 129 valence electrons. The molecule has 1 N–H and O–H groups in total. The Morgan fingerprint density at radius 3 is 2.00 bits per heavy atom. The standard InChI is InChI=1S/C19H18NO3S2/c1-14-6-10-16(11-7-14)24(21)19-5-3-4-18(19)20-25(22,23)17-12-8-15(2)9-13-17/h3-13,20H,1-2H3. The third-order valence-electron chi connectivity index (χ3n) is 3.79. The van der Waals surface area contributed by atoms with Crippen LogP contribution in [0.25, 0.3) is 0 Å². The number of hydrogen-bond acceptors (Lipinski definition) is 3. The molecule has 0 heterocycles. The van der Waals surface area contributed by atoms with Crippen LogP contribution in [-0.2, 0) is 20.8 Å². The SMILES string of the molecule is Cc1ccc(S(=O)[C]2[CH][CH][CH][C]2NS(=O)(=O)c2ccc(C)cc2)cc1. The summed E-state index contributed by atoms with van der Waals surface area (Å²) in [5, 5.41) is 0.444. The highest BCUT2D eigenvalue weighted by Gasteiger charge is 2.38. The molecule has 1 unspecified atom stereocenters. The van der Waals surface area contributed by atoms with Crippen molar-refractivity contribution in [2.75, 3.05) is 0 Å². The Labute approximate surface area is 152 Å². The van der Waals surface area contributed by atoms with Crippen molar-refractivity contribution >= 4 is 20.8 Å². The van der Waals surface area contributed by atoms with Gasteiger partial charge in [-0.15, -0.1) is 0 Å². The highest BCUT2D eigenvalue weighted by molar-refractivity contribution is 7.90. The smallest absolute Gasteiger partial charge is 0.241 e. The van der Waals surface area contributed by atoms with Crippen molar-refractivity contribution in [1.82, 2.24) is 4.72 Å². The number of sulfonamides is 1. The Morgan fingerprint density at radius 1 is 0.840 bits per heavy atom. The molecule has 0 spiro atoms. The van der Waals surface area contributed by atoms with Crippen LogP contribution in [-0.4, -0.2) is 12.6 Å². The van der Waals surface area contributed by atoms with Gasteiger partial charge in [0.1, 0.15) is 0 Å². The van der Waals surface area contributed by atoms with Crippen molar-refractivity contribution in [2.45, 2.75) is 23.6 Å². The molecule has 0 aromatic heterocycles. The first kappa shape index (κ1) is 18.3. The quantitative estimate of drug-likeness (QED) is 0.877. The van der Waals surface area contributed by atoms with Crippen molar-refractivity contribution in [3.8, 4) is 0 Å². The second-order valence-electron chi connectivity index (χ2n) is 5.80. The van der Waals surface area contributed by atoms with Crippen LogP contribution in [0.15, 0.2) is 58.3 Å². The minimum Gasteiger partial charge on any atom is -0.254 e. The fourth-order valence-electron chi connectivity index (χ4n) is 2.36. The van der Waals surface area contributed by atoms with Gasteiger partial charge >= 0.3 is 0 Å². The lowest BCUT2D eigenvalue weighted by Gasteiger charge is -2.19. The predicted molar refractivity (Wildman–Crippen MR) is 98.5 cm³/mol. The topological polar surface area (TPSA) is 63.2 Å². The molecule has 1 atom stereocenters. The van der Waals surface area contributed by atoms with Crippen molar-refractivity contribution < 1.29 is 12.6 Å². The minimum atomic E-state index is -3.73. The van der Waals surface area contributed by atoms with Crippen LogP contribution in [0.3, 0.4) is 0 Å². The zero-order valence-corrected chi connectivity index (χ0v) is 15.5. The normalized spacial score (nSPS) is 17.7. The van der Waals surface area contributed by atoms with Gasteiger partial charge in [-0.3, -0.25) is 4.21 Å². The van der Waals surface area contributed by atoms with E-state index in [1.54, 1.807) is 55.7 Å². The lowest BCUT2D eigenvalue weighted by atomic mass is 10.2. The summed E-state index contributed by atoms with van der Waals surface area (Å²) >= 11 is 0. The average Bonchev–Trinajstić information content (AvgIpc) is 3.02. The van der Waals surface area contributed by atoms with E-state index in [9.17, 15) is 12.6 Å². The van der Waals surface area contributed by atoms with Gasteiger partial charge in [0.25, 0.3) is 0 Å². The summed E-state index contributed by atoms with van der Waals surface area (Å²) in [5.74, 6) is 0. The van der Waals surface area contributed by atoms with Gasteiger partial charge in [0, 0.05) is 4.90 Å². The summed E-state index contributed by atoms with van der Waals surface area (Å²) in [4.78, 5) is 0.805. The summed E-state index contributed by atoms with van der Waals surface area (Å²) in [7, 11) is -5.19. The van der Waals surface area contributed by atoms with E-state index in [1.165, 1.54) is 0 Å². The predicted octanol–water partition coefficient (Wildman–Crippen LogP) is 3.08. The first-order valence-electron chi connectivity index (χ1n) is 7.70. The maximum atomic E-state index is 12.8. The van der Waals surface area contributed by atoms with Crippen molar-refractivity contribution in [3.63, 3.8) is 0 Å². The van der Waals surface area contributed by atoms with Crippen LogP contribution >= 0.6 is 0 Å². The fourth-order valence-corrected chi connectivity index (χ4v) is 4.66. The first-order chi connectivity index (χ1) is 11.9. The molecule has 0 saturated heterocycles. The Bertz CT molecular complexity index is 859. The van der Waals surface area contributed by atoms with Crippen LogP contribution < -0.4 is 4.72 Å². The molecule has 0 amide bonds. The van der Waals surface area contributed by atoms with E-state index in [1.807, 2.05) is 26.0 Å². The second-order valence-corrected chi connectivity index (χ2v) is 8.94. The van der Waals surface area contributed by atoms with Crippen LogP contribution in [0.2, 0.25) is 0 Å². The Balaban J connectivity index is 1.78. The third-order valence-corrected chi connectivity index (χ3v) is 6.62. The molecule has 2 aromatic rings. The van der Waals surface area contributed by atoms with E-state index in [4.69, 9.17) is 0 Å². The molecule has 3 rings (SSSR count). The molecule has 0 bridgehead atoms. The molecule has 0 aliphatic heterocycles. The molecule has 4 nitrogen and oxygen atoms in total. The van der Waals surface area contributed by atoms with Gasteiger partial charge in [0.15, 0.2) is 0 Å². The summed E-state index contributed by atoms with van der Waals surface area (Å²) in [6.45, 7) is 3.85. The first-order valence-corrected chi connectivity index (χ1v) is 10.3. The van der Waals surface area contributed by atoms with Gasteiger partial charge in [0.2, 0.25) is 10.0 Å². The third kappa shape index (κ3) is 4.19. The zero-order chi connectivity index (χ0) is 18.0. The summed E-state index contributed by atoms with van der Waals surface area (Å²) in [6, 6.07) is 14.3. The fraction of sp³-hybridized carbons (Fsp3) is 0.105. The molecule has 1 saturated carbocycles. The molecule has 2 aromatic carbocycles. The van der Waals surface area contributed by atoms with Crippen molar-refractivity contribution in [2.24, 2.45) is 0 Å². The molecular weight excluding hydrogens is 354 g/mol. The van der Waals surface area contributed by atoms with Crippen LogP contribution in [0.5, 0.6) is 0 Å². The highest BCUT2D eigenvalue weighted by Crippen LogP contribution is 2.37. The molecular formula is C19H18NO3S2. The average molecular weight is 372 g/mol. The van der Waals surface area contributed by atoms with E-state index in [0.29, 0.717) is 16.2 Å². The molecule has 25 heavy (non-hydrogen) atoms. The number of hydrogen-bond donors (Lipinski definition) is 1. The molecule has 1 aliphatic rings.